The predicted octanol–water partition coefficient (Wildman–Crippen LogP) is 2.31. The van der Waals surface area contributed by atoms with E-state index < -0.39 is 5.97 Å². The fourth-order valence-corrected chi connectivity index (χ4v) is 2.78. The third-order valence-corrected chi connectivity index (χ3v) is 3.91. The highest BCUT2D eigenvalue weighted by atomic mass is 32.2. The summed E-state index contributed by atoms with van der Waals surface area (Å²) in [6.07, 6.45) is 3.46. The minimum atomic E-state index is -1.22. The molecule has 116 valence electrons. The summed E-state index contributed by atoms with van der Waals surface area (Å²) in [5.41, 5.74) is 0.938. The average molecular weight is 329 g/mol. The van der Waals surface area contributed by atoms with E-state index >= 15 is 0 Å². The molecule has 1 aromatic heterocycles. The van der Waals surface area contributed by atoms with Gasteiger partial charge in [0.25, 0.3) is 5.91 Å². The molecule has 0 aliphatic carbocycles. The number of nitrogens with zero attached hydrogens (tertiary/aromatic N) is 1. The Kier molecular flexibility index (Phi) is 3.90. The van der Waals surface area contributed by atoms with E-state index in [0.29, 0.717) is 15.8 Å². The zero-order chi connectivity index (χ0) is 16.4. The van der Waals surface area contributed by atoms with Crippen LogP contribution in [0.1, 0.15) is 16.1 Å². The number of aromatic nitrogens is 1. The number of benzene rings is 1. The largest absolute Gasteiger partial charge is 0.507 e. The summed E-state index contributed by atoms with van der Waals surface area (Å²) in [7, 11) is 0. The average Bonchev–Trinajstić information content (AvgIpc) is 3.10. The molecule has 0 bridgehead atoms. The topological polar surface area (TPSA) is 115 Å². The molecule has 0 unspecified atom stereocenters. The number of aromatic hydroxyl groups is 1. The number of hydrogen-bond acceptors (Lipinski definition) is 5. The van der Waals surface area contributed by atoms with Crippen LogP contribution in [0.4, 0.5) is 5.69 Å². The van der Waals surface area contributed by atoms with E-state index in [-0.39, 0.29) is 17.2 Å². The summed E-state index contributed by atoms with van der Waals surface area (Å²) < 4.78 is 0. The van der Waals surface area contributed by atoms with E-state index in [9.17, 15) is 14.7 Å². The van der Waals surface area contributed by atoms with Crippen molar-refractivity contribution < 1.29 is 19.8 Å². The number of thioether (sulfide) groups is 1. The lowest BCUT2D eigenvalue weighted by molar-refractivity contribution is -0.115. The number of amides is 1. The predicted molar refractivity (Wildman–Crippen MR) is 86.7 cm³/mol. The van der Waals surface area contributed by atoms with Crippen LogP contribution in [-0.2, 0) is 4.79 Å². The first-order valence-corrected chi connectivity index (χ1v) is 7.34. The minimum absolute atomic E-state index is 0.204. The van der Waals surface area contributed by atoms with Gasteiger partial charge in [0.2, 0.25) is 0 Å². The van der Waals surface area contributed by atoms with Crippen molar-refractivity contribution in [2.24, 2.45) is 4.99 Å². The van der Waals surface area contributed by atoms with Gasteiger partial charge in [-0.1, -0.05) is 0 Å². The van der Waals surface area contributed by atoms with Crippen molar-refractivity contribution in [3.05, 3.63) is 52.7 Å². The number of rotatable bonds is 3. The number of carboxylic acid groups (broad SMARTS) is 1. The first-order valence-electron chi connectivity index (χ1n) is 6.52. The van der Waals surface area contributed by atoms with Gasteiger partial charge in [-0.2, -0.15) is 0 Å². The second kappa shape index (κ2) is 6.01. The summed E-state index contributed by atoms with van der Waals surface area (Å²) in [5, 5.41) is 21.5. The maximum absolute atomic E-state index is 11.9. The van der Waals surface area contributed by atoms with Crippen molar-refractivity contribution in [3.8, 4) is 5.75 Å². The monoisotopic (exact) mass is 329 g/mol. The molecule has 1 aliphatic rings. The number of carboxylic acids is 1. The van der Waals surface area contributed by atoms with Gasteiger partial charge in [-0.25, -0.2) is 9.79 Å². The zero-order valence-corrected chi connectivity index (χ0v) is 12.4. The van der Waals surface area contributed by atoms with E-state index in [0.717, 1.165) is 17.5 Å². The van der Waals surface area contributed by atoms with E-state index in [1.165, 1.54) is 18.2 Å². The van der Waals surface area contributed by atoms with Crippen molar-refractivity contribution in [3.63, 3.8) is 0 Å². The number of nitrogens with one attached hydrogen (secondary N) is 2. The van der Waals surface area contributed by atoms with Crippen LogP contribution in [-0.4, -0.2) is 32.2 Å². The highest BCUT2D eigenvalue weighted by Crippen LogP contribution is 2.29. The lowest BCUT2D eigenvalue weighted by atomic mass is 10.2. The first kappa shape index (κ1) is 14.9. The van der Waals surface area contributed by atoms with Crippen molar-refractivity contribution in [1.29, 1.82) is 0 Å². The van der Waals surface area contributed by atoms with Gasteiger partial charge in [-0.3, -0.25) is 4.79 Å². The molecule has 1 aromatic carbocycles. The molecule has 1 aliphatic heterocycles. The normalized spacial score (nSPS) is 17.7. The molecule has 7 nitrogen and oxygen atoms in total. The van der Waals surface area contributed by atoms with Crippen molar-refractivity contribution in [2.75, 3.05) is 0 Å². The zero-order valence-electron chi connectivity index (χ0n) is 11.6. The highest BCUT2D eigenvalue weighted by Gasteiger charge is 2.24. The maximum Gasteiger partial charge on any atom is 0.339 e. The smallest absolute Gasteiger partial charge is 0.339 e. The number of hydrogen-bond donors (Lipinski definition) is 4. The molecule has 0 spiro atoms. The van der Waals surface area contributed by atoms with Gasteiger partial charge in [0.1, 0.15) is 11.3 Å². The van der Waals surface area contributed by atoms with Crippen LogP contribution >= 0.6 is 11.8 Å². The van der Waals surface area contributed by atoms with Gasteiger partial charge in [0.05, 0.1) is 10.6 Å². The number of carbonyl (C=O) groups excluding carboxylic acids is 1. The third-order valence-electron chi connectivity index (χ3n) is 3.00. The molecular weight excluding hydrogens is 318 g/mol. The lowest BCUT2D eigenvalue weighted by Gasteiger charge is -2.01. The summed E-state index contributed by atoms with van der Waals surface area (Å²) in [5.74, 6) is -1.87. The van der Waals surface area contributed by atoms with Crippen LogP contribution in [0, 0.1) is 0 Å². The van der Waals surface area contributed by atoms with Crippen molar-refractivity contribution in [1.82, 2.24) is 10.3 Å². The lowest BCUT2D eigenvalue weighted by Crippen LogP contribution is -2.19. The quantitative estimate of drug-likeness (QED) is 0.645. The van der Waals surface area contributed by atoms with Gasteiger partial charge in [0.15, 0.2) is 5.17 Å². The summed E-state index contributed by atoms with van der Waals surface area (Å²) in [6, 6.07) is 7.60. The van der Waals surface area contributed by atoms with Gasteiger partial charge < -0.3 is 20.5 Å². The molecule has 3 rings (SSSR count). The maximum atomic E-state index is 11.9. The van der Waals surface area contributed by atoms with Crippen molar-refractivity contribution in [2.45, 2.75) is 0 Å². The Morgan fingerprint density at radius 3 is 2.78 bits per heavy atom. The molecule has 0 radical (unpaired) electrons. The van der Waals surface area contributed by atoms with Gasteiger partial charge >= 0.3 is 5.97 Å². The number of phenols is 1. The molecule has 1 saturated heterocycles. The van der Waals surface area contributed by atoms with E-state index in [2.05, 4.69) is 15.3 Å². The number of aromatic carboxylic acids is 1. The van der Waals surface area contributed by atoms with Crippen LogP contribution in [0.2, 0.25) is 0 Å². The van der Waals surface area contributed by atoms with Gasteiger partial charge in [0, 0.05) is 18.0 Å². The fraction of sp³-hybridized carbons (Fsp3) is 0. The van der Waals surface area contributed by atoms with E-state index in [1.807, 2.05) is 12.1 Å². The van der Waals surface area contributed by atoms with Gasteiger partial charge in [-0.15, -0.1) is 0 Å². The Morgan fingerprint density at radius 1 is 1.30 bits per heavy atom. The standard InChI is InChI=1S/C15H11N3O4S/c19-11-6-9(3-4-10(11)14(21)22)17-15-18-13(20)12(23-15)7-8-2-1-5-16-8/h1-7,16,19H,(H,21,22)(H,17,18,20)/b12-7-. The number of aliphatic imine (C=N–C) groups is 1. The second-order valence-electron chi connectivity index (χ2n) is 4.61. The molecule has 8 heteroatoms. The Bertz CT molecular complexity index is 840. The molecule has 1 fully saturated rings. The van der Waals surface area contributed by atoms with Crippen LogP contribution in [0.15, 0.2) is 46.4 Å². The highest BCUT2D eigenvalue weighted by molar-refractivity contribution is 8.18. The third kappa shape index (κ3) is 3.27. The number of amidine groups is 1. The minimum Gasteiger partial charge on any atom is -0.507 e. The fourth-order valence-electron chi connectivity index (χ4n) is 1.94. The van der Waals surface area contributed by atoms with Crippen LogP contribution in [0.3, 0.4) is 0 Å². The molecule has 0 atom stereocenters. The molecule has 2 heterocycles. The first-order chi connectivity index (χ1) is 11.0. The number of H-pyrrole nitrogens is 1. The molecule has 1 amide bonds. The summed E-state index contributed by atoms with van der Waals surface area (Å²) >= 11 is 1.16. The molecule has 0 saturated carbocycles. The number of carbonyl (C=O) groups is 2. The van der Waals surface area contributed by atoms with Gasteiger partial charge in [-0.05, 0) is 42.1 Å². The molecule has 4 N–H and O–H groups in total. The summed E-state index contributed by atoms with van der Waals surface area (Å²) in [4.78, 5) is 30.4. The SMILES string of the molecule is O=C1NC(=Nc2ccc(C(=O)O)c(O)c2)S/C1=C\c1ccc[nH]1. The van der Waals surface area contributed by atoms with Crippen LogP contribution in [0.25, 0.3) is 6.08 Å². The Morgan fingerprint density at radius 2 is 2.13 bits per heavy atom. The Balaban J connectivity index is 1.83. The molecule has 2 aromatic rings. The Labute approximate surface area is 134 Å². The van der Waals surface area contributed by atoms with Crippen LogP contribution < -0.4 is 5.32 Å². The number of aromatic amines is 1. The molecular formula is C15H11N3O4S. The summed E-state index contributed by atoms with van der Waals surface area (Å²) in [6.45, 7) is 0. The van der Waals surface area contributed by atoms with E-state index in [4.69, 9.17) is 5.11 Å². The second-order valence-corrected chi connectivity index (χ2v) is 5.64. The Hall–Kier alpha value is -3.00. The van der Waals surface area contributed by atoms with Crippen molar-refractivity contribution >= 4 is 40.6 Å². The van der Waals surface area contributed by atoms with Crippen LogP contribution in [0.5, 0.6) is 5.75 Å². The van der Waals surface area contributed by atoms with E-state index in [1.54, 1.807) is 12.3 Å². The molecule has 23 heavy (non-hydrogen) atoms.